The van der Waals surface area contributed by atoms with Crippen molar-refractivity contribution in [2.24, 2.45) is 5.73 Å². The van der Waals surface area contributed by atoms with Crippen LogP contribution in [0.4, 0.5) is 5.82 Å². The molecule has 1 atom stereocenters. The number of amides is 1. The lowest BCUT2D eigenvalue weighted by atomic mass is 10.1. The number of aromatic nitrogens is 2. The molecule has 0 aromatic carbocycles. The van der Waals surface area contributed by atoms with Crippen LogP contribution in [0.1, 0.15) is 5.56 Å². The second-order valence-corrected chi connectivity index (χ2v) is 5.49. The third-order valence-electron chi connectivity index (χ3n) is 3.36. The molecule has 3 rings (SSSR count). The van der Waals surface area contributed by atoms with E-state index >= 15 is 0 Å². The predicted molar refractivity (Wildman–Crippen MR) is 75.4 cm³/mol. The predicted octanol–water partition coefficient (Wildman–Crippen LogP) is 0.263. The number of thiophene rings is 1. The Morgan fingerprint density at radius 2 is 2.42 bits per heavy atom. The van der Waals surface area contributed by atoms with E-state index in [4.69, 9.17) is 5.73 Å². The van der Waals surface area contributed by atoms with Crippen LogP contribution in [0.5, 0.6) is 0 Å². The van der Waals surface area contributed by atoms with Crippen molar-refractivity contribution in [1.82, 2.24) is 15.3 Å². The lowest BCUT2D eigenvalue weighted by Crippen LogP contribution is -2.57. The van der Waals surface area contributed by atoms with E-state index in [1.165, 1.54) is 0 Å². The van der Waals surface area contributed by atoms with Gasteiger partial charge in [-0.15, -0.1) is 11.3 Å². The summed E-state index contributed by atoms with van der Waals surface area (Å²) in [6, 6.07) is -0.353. The van der Waals surface area contributed by atoms with Crippen molar-refractivity contribution in [3.8, 4) is 0 Å². The SMILES string of the molecule is Cc1csc2c(N3CCNCC3C(N)=O)ncnc12. The van der Waals surface area contributed by atoms with Crippen LogP contribution >= 0.6 is 11.3 Å². The first-order chi connectivity index (χ1) is 9.18. The number of hydrogen-bond donors (Lipinski definition) is 2. The van der Waals surface area contributed by atoms with Crippen molar-refractivity contribution in [2.75, 3.05) is 24.5 Å². The highest BCUT2D eigenvalue weighted by Crippen LogP contribution is 2.31. The fraction of sp³-hybridized carbons (Fsp3) is 0.417. The summed E-state index contributed by atoms with van der Waals surface area (Å²) >= 11 is 1.61. The molecular formula is C12H15N5OS. The molecule has 19 heavy (non-hydrogen) atoms. The van der Waals surface area contributed by atoms with Gasteiger partial charge in [0.1, 0.15) is 12.4 Å². The van der Waals surface area contributed by atoms with Crippen molar-refractivity contribution in [2.45, 2.75) is 13.0 Å². The molecule has 0 spiro atoms. The quantitative estimate of drug-likeness (QED) is 0.823. The minimum Gasteiger partial charge on any atom is -0.368 e. The molecule has 100 valence electrons. The monoisotopic (exact) mass is 277 g/mol. The first kappa shape index (κ1) is 12.3. The molecule has 1 fully saturated rings. The van der Waals surface area contributed by atoms with E-state index in [0.717, 1.165) is 34.7 Å². The van der Waals surface area contributed by atoms with Gasteiger partial charge >= 0.3 is 0 Å². The normalized spacial score (nSPS) is 19.8. The Labute approximate surface area is 114 Å². The van der Waals surface area contributed by atoms with Gasteiger partial charge in [0.05, 0.1) is 10.2 Å². The summed E-state index contributed by atoms with van der Waals surface area (Å²) in [6.07, 6.45) is 1.55. The molecule has 2 aromatic heterocycles. The van der Waals surface area contributed by atoms with Gasteiger partial charge in [-0.3, -0.25) is 4.79 Å². The molecule has 0 saturated carbocycles. The average molecular weight is 277 g/mol. The Morgan fingerprint density at radius 3 is 3.21 bits per heavy atom. The number of rotatable bonds is 2. The van der Waals surface area contributed by atoms with Crippen molar-refractivity contribution < 1.29 is 4.79 Å². The van der Waals surface area contributed by atoms with Gasteiger partial charge in [0, 0.05) is 19.6 Å². The van der Waals surface area contributed by atoms with Crippen molar-refractivity contribution in [3.05, 3.63) is 17.3 Å². The third-order valence-corrected chi connectivity index (χ3v) is 4.44. The molecule has 1 amide bonds. The fourth-order valence-electron chi connectivity index (χ4n) is 2.37. The molecule has 1 saturated heterocycles. The van der Waals surface area contributed by atoms with Crippen LogP contribution < -0.4 is 16.0 Å². The van der Waals surface area contributed by atoms with E-state index in [1.807, 2.05) is 11.8 Å². The fourth-order valence-corrected chi connectivity index (χ4v) is 3.38. The van der Waals surface area contributed by atoms with E-state index in [1.54, 1.807) is 17.7 Å². The molecule has 1 aliphatic rings. The van der Waals surface area contributed by atoms with Crippen LogP contribution in [0.25, 0.3) is 10.2 Å². The maximum Gasteiger partial charge on any atom is 0.241 e. The van der Waals surface area contributed by atoms with Crippen LogP contribution in [0.3, 0.4) is 0 Å². The van der Waals surface area contributed by atoms with Gasteiger partial charge in [-0.25, -0.2) is 9.97 Å². The molecule has 0 radical (unpaired) electrons. The highest BCUT2D eigenvalue weighted by molar-refractivity contribution is 7.18. The number of carbonyl (C=O) groups excluding carboxylic acids is 1. The van der Waals surface area contributed by atoms with E-state index < -0.39 is 0 Å². The second kappa shape index (κ2) is 4.75. The summed E-state index contributed by atoms with van der Waals surface area (Å²) in [5.41, 5.74) is 7.57. The van der Waals surface area contributed by atoms with E-state index in [2.05, 4.69) is 20.7 Å². The summed E-state index contributed by atoms with van der Waals surface area (Å²) in [4.78, 5) is 22.2. The first-order valence-corrected chi connectivity index (χ1v) is 7.02. The minimum atomic E-state index is -0.353. The first-order valence-electron chi connectivity index (χ1n) is 6.14. The summed E-state index contributed by atoms with van der Waals surface area (Å²) in [5, 5.41) is 5.25. The van der Waals surface area contributed by atoms with E-state index in [9.17, 15) is 4.79 Å². The third kappa shape index (κ3) is 2.04. The van der Waals surface area contributed by atoms with E-state index in [0.29, 0.717) is 6.54 Å². The maximum absolute atomic E-state index is 11.6. The molecule has 1 aliphatic heterocycles. The Morgan fingerprint density at radius 1 is 1.58 bits per heavy atom. The van der Waals surface area contributed by atoms with Crippen LogP contribution in [0.2, 0.25) is 0 Å². The zero-order valence-electron chi connectivity index (χ0n) is 10.6. The average Bonchev–Trinajstić information content (AvgIpc) is 2.81. The van der Waals surface area contributed by atoms with Crippen LogP contribution in [-0.4, -0.2) is 41.6 Å². The van der Waals surface area contributed by atoms with Crippen molar-refractivity contribution in [1.29, 1.82) is 0 Å². The largest absolute Gasteiger partial charge is 0.368 e. The number of nitrogens with zero attached hydrogens (tertiary/aromatic N) is 3. The number of piperazine rings is 1. The minimum absolute atomic E-state index is 0.327. The Hall–Kier alpha value is -1.73. The van der Waals surface area contributed by atoms with Crippen molar-refractivity contribution in [3.63, 3.8) is 0 Å². The highest BCUT2D eigenvalue weighted by atomic mass is 32.1. The summed E-state index contributed by atoms with van der Waals surface area (Å²) < 4.78 is 1.02. The Bertz CT molecular complexity index is 626. The number of aryl methyl sites for hydroxylation is 1. The zero-order valence-corrected chi connectivity index (χ0v) is 11.4. The standard InChI is InChI=1S/C12H15N5OS/c1-7-5-19-10-9(7)15-6-16-12(10)17-3-2-14-4-8(17)11(13)18/h5-6,8,14H,2-4H2,1H3,(H2,13,18). The molecule has 7 heteroatoms. The van der Waals surface area contributed by atoms with Gasteiger partial charge in [-0.2, -0.15) is 0 Å². The molecule has 3 heterocycles. The lowest BCUT2D eigenvalue weighted by molar-refractivity contribution is -0.119. The van der Waals surface area contributed by atoms with Gasteiger partial charge in [0.2, 0.25) is 5.91 Å². The molecule has 2 aromatic rings. The molecule has 1 unspecified atom stereocenters. The number of nitrogens with two attached hydrogens (primary N) is 1. The van der Waals surface area contributed by atoms with Gasteiger partial charge in [-0.05, 0) is 17.9 Å². The smallest absolute Gasteiger partial charge is 0.241 e. The maximum atomic E-state index is 11.6. The number of hydrogen-bond acceptors (Lipinski definition) is 6. The summed E-state index contributed by atoms with van der Waals surface area (Å²) in [5.74, 6) is 0.487. The molecular weight excluding hydrogens is 262 g/mol. The topological polar surface area (TPSA) is 84.1 Å². The summed E-state index contributed by atoms with van der Waals surface area (Å²) in [6.45, 7) is 4.13. The van der Waals surface area contributed by atoms with Crippen molar-refractivity contribution >= 4 is 33.3 Å². The summed E-state index contributed by atoms with van der Waals surface area (Å²) in [7, 11) is 0. The van der Waals surface area contributed by atoms with Crippen LogP contribution in [-0.2, 0) is 4.79 Å². The second-order valence-electron chi connectivity index (χ2n) is 4.61. The number of primary amides is 1. The van der Waals surface area contributed by atoms with Crippen LogP contribution in [0, 0.1) is 6.92 Å². The van der Waals surface area contributed by atoms with Gasteiger partial charge in [0.25, 0.3) is 0 Å². The zero-order chi connectivity index (χ0) is 13.4. The number of nitrogens with one attached hydrogen (secondary N) is 1. The number of fused-ring (bicyclic) bond motifs is 1. The molecule has 0 bridgehead atoms. The molecule has 0 aliphatic carbocycles. The van der Waals surface area contributed by atoms with Gasteiger partial charge in [-0.1, -0.05) is 0 Å². The highest BCUT2D eigenvalue weighted by Gasteiger charge is 2.29. The van der Waals surface area contributed by atoms with Gasteiger partial charge < -0.3 is 16.0 Å². The molecule has 6 nitrogen and oxygen atoms in total. The number of carbonyl (C=O) groups is 1. The lowest BCUT2D eigenvalue weighted by Gasteiger charge is -2.35. The Kier molecular flexibility index (Phi) is 3.08. The van der Waals surface area contributed by atoms with E-state index in [-0.39, 0.29) is 11.9 Å². The number of anilines is 1. The van der Waals surface area contributed by atoms with Gasteiger partial charge in [0.15, 0.2) is 5.82 Å². The van der Waals surface area contributed by atoms with Crippen LogP contribution in [0.15, 0.2) is 11.7 Å². The Balaban J connectivity index is 2.09. The molecule has 3 N–H and O–H groups in total.